The van der Waals surface area contributed by atoms with Crippen LogP contribution in [0.4, 0.5) is 0 Å². The molecule has 4 rings (SSSR count). The second-order valence-electron chi connectivity index (χ2n) is 6.06. The summed E-state index contributed by atoms with van der Waals surface area (Å²) in [5.41, 5.74) is 3.70. The number of rotatable bonds is 2. The lowest BCUT2D eigenvalue weighted by Crippen LogP contribution is -2.28. The fourth-order valence-electron chi connectivity index (χ4n) is 3.30. The largest absolute Gasteiger partial charge is 0.338 e. The highest BCUT2D eigenvalue weighted by Gasteiger charge is 2.28. The molecule has 3 aromatic rings. The quantitative estimate of drug-likeness (QED) is 0.731. The normalized spacial score (nSPS) is 17.8. The van der Waals surface area contributed by atoms with E-state index >= 15 is 0 Å². The van der Waals surface area contributed by atoms with Crippen molar-refractivity contribution >= 4 is 16.9 Å². The molecule has 1 aromatic heterocycles. The molecular weight excluding hydrogens is 288 g/mol. The van der Waals surface area contributed by atoms with Crippen molar-refractivity contribution in [3.05, 3.63) is 59.7 Å². The van der Waals surface area contributed by atoms with Crippen molar-refractivity contribution in [1.82, 2.24) is 19.9 Å². The van der Waals surface area contributed by atoms with Crippen LogP contribution in [0.25, 0.3) is 11.0 Å². The SMILES string of the molecule is Cn1nnc2cc(C(=O)N3CC[C@@H](c4ccccc4)C3)ccc21. The van der Waals surface area contributed by atoms with E-state index in [-0.39, 0.29) is 5.91 Å². The fourth-order valence-corrected chi connectivity index (χ4v) is 3.30. The Labute approximate surface area is 134 Å². The molecule has 0 radical (unpaired) electrons. The van der Waals surface area contributed by atoms with Gasteiger partial charge in [0, 0.05) is 31.6 Å². The van der Waals surface area contributed by atoms with Gasteiger partial charge in [0.1, 0.15) is 5.52 Å². The predicted octanol–water partition coefficient (Wildman–Crippen LogP) is 2.60. The molecule has 1 amide bonds. The number of hydrogen-bond acceptors (Lipinski definition) is 3. The zero-order chi connectivity index (χ0) is 15.8. The van der Waals surface area contributed by atoms with Crippen LogP contribution < -0.4 is 0 Å². The summed E-state index contributed by atoms with van der Waals surface area (Å²) in [5, 5.41) is 8.08. The molecule has 0 unspecified atom stereocenters. The molecule has 2 aromatic carbocycles. The summed E-state index contributed by atoms with van der Waals surface area (Å²) in [7, 11) is 1.85. The van der Waals surface area contributed by atoms with Gasteiger partial charge in [-0.3, -0.25) is 4.79 Å². The van der Waals surface area contributed by atoms with E-state index in [0.717, 1.165) is 30.5 Å². The van der Waals surface area contributed by atoms with Crippen molar-refractivity contribution < 1.29 is 4.79 Å². The summed E-state index contributed by atoms with van der Waals surface area (Å²) >= 11 is 0. The summed E-state index contributed by atoms with van der Waals surface area (Å²) in [6, 6.07) is 16.0. The van der Waals surface area contributed by atoms with Crippen LogP contribution in [0.2, 0.25) is 0 Å². The highest BCUT2D eigenvalue weighted by atomic mass is 16.2. The van der Waals surface area contributed by atoms with Crippen LogP contribution in [0.5, 0.6) is 0 Å². The summed E-state index contributed by atoms with van der Waals surface area (Å²) in [4.78, 5) is 14.7. The Hall–Kier alpha value is -2.69. The van der Waals surface area contributed by atoms with E-state index in [4.69, 9.17) is 0 Å². The molecule has 0 saturated carbocycles. The first-order valence-electron chi connectivity index (χ1n) is 7.86. The van der Waals surface area contributed by atoms with Crippen molar-refractivity contribution in [3.63, 3.8) is 0 Å². The molecule has 1 saturated heterocycles. The molecule has 0 bridgehead atoms. The van der Waals surface area contributed by atoms with Crippen molar-refractivity contribution in [2.45, 2.75) is 12.3 Å². The van der Waals surface area contributed by atoms with E-state index in [0.29, 0.717) is 11.5 Å². The van der Waals surface area contributed by atoms with Crippen LogP contribution >= 0.6 is 0 Å². The number of hydrogen-bond donors (Lipinski definition) is 0. The highest BCUT2D eigenvalue weighted by molar-refractivity contribution is 5.97. The van der Waals surface area contributed by atoms with Crippen LogP contribution in [-0.2, 0) is 7.05 Å². The van der Waals surface area contributed by atoms with Gasteiger partial charge in [-0.25, -0.2) is 4.68 Å². The van der Waals surface area contributed by atoms with Crippen LogP contribution in [0, 0.1) is 0 Å². The monoisotopic (exact) mass is 306 g/mol. The third-order valence-corrected chi connectivity index (χ3v) is 4.60. The van der Waals surface area contributed by atoms with Gasteiger partial charge in [-0.1, -0.05) is 35.5 Å². The van der Waals surface area contributed by atoms with Gasteiger partial charge in [0.15, 0.2) is 0 Å². The molecule has 23 heavy (non-hydrogen) atoms. The van der Waals surface area contributed by atoms with Crippen LogP contribution in [-0.4, -0.2) is 38.9 Å². The van der Waals surface area contributed by atoms with E-state index in [2.05, 4.69) is 34.6 Å². The standard InChI is InChI=1S/C18H18N4O/c1-21-17-8-7-14(11-16(17)19-20-21)18(23)22-10-9-15(12-22)13-5-3-2-4-6-13/h2-8,11,15H,9-10,12H2,1H3/t15-/m1/s1. The van der Waals surface area contributed by atoms with Crippen LogP contribution in [0.3, 0.4) is 0 Å². The maximum Gasteiger partial charge on any atom is 0.253 e. The molecule has 0 spiro atoms. The maximum absolute atomic E-state index is 12.7. The molecule has 1 atom stereocenters. The van der Waals surface area contributed by atoms with Crippen molar-refractivity contribution in [1.29, 1.82) is 0 Å². The van der Waals surface area contributed by atoms with E-state index < -0.39 is 0 Å². The van der Waals surface area contributed by atoms with E-state index in [1.54, 1.807) is 4.68 Å². The molecular formula is C18H18N4O. The Kier molecular flexibility index (Phi) is 3.33. The zero-order valence-corrected chi connectivity index (χ0v) is 13.0. The van der Waals surface area contributed by atoms with Gasteiger partial charge in [-0.05, 0) is 30.2 Å². The third-order valence-electron chi connectivity index (χ3n) is 4.60. The second-order valence-corrected chi connectivity index (χ2v) is 6.06. The number of aryl methyl sites for hydroxylation is 1. The minimum atomic E-state index is 0.0796. The molecule has 5 nitrogen and oxygen atoms in total. The molecule has 116 valence electrons. The summed E-state index contributed by atoms with van der Waals surface area (Å²) in [6.45, 7) is 1.58. The molecule has 1 aliphatic rings. The van der Waals surface area contributed by atoms with E-state index in [9.17, 15) is 4.79 Å². The van der Waals surface area contributed by atoms with Crippen LogP contribution in [0.1, 0.15) is 28.3 Å². The molecule has 0 aliphatic carbocycles. The number of carbonyl (C=O) groups excluding carboxylic acids is 1. The van der Waals surface area contributed by atoms with E-state index in [1.807, 2.05) is 36.2 Å². The number of fused-ring (bicyclic) bond motifs is 1. The minimum Gasteiger partial charge on any atom is -0.338 e. The Morgan fingerprint density at radius 3 is 2.83 bits per heavy atom. The van der Waals surface area contributed by atoms with Gasteiger partial charge in [0.05, 0.1) is 5.52 Å². The lowest BCUT2D eigenvalue weighted by molar-refractivity contribution is 0.0791. The zero-order valence-electron chi connectivity index (χ0n) is 13.0. The first kappa shape index (κ1) is 13.9. The van der Waals surface area contributed by atoms with Gasteiger partial charge < -0.3 is 4.90 Å². The second kappa shape index (κ2) is 5.50. The molecule has 2 heterocycles. The molecule has 0 N–H and O–H groups in total. The molecule has 1 aliphatic heterocycles. The van der Waals surface area contributed by atoms with Crippen LogP contribution in [0.15, 0.2) is 48.5 Å². The number of aromatic nitrogens is 3. The number of amides is 1. The minimum absolute atomic E-state index is 0.0796. The van der Waals surface area contributed by atoms with Gasteiger partial charge in [0.2, 0.25) is 0 Å². The first-order chi connectivity index (χ1) is 11.2. The highest BCUT2D eigenvalue weighted by Crippen LogP contribution is 2.28. The molecule has 1 fully saturated rings. The summed E-state index contributed by atoms with van der Waals surface area (Å²) in [5.74, 6) is 0.511. The number of benzene rings is 2. The number of nitrogens with zero attached hydrogens (tertiary/aromatic N) is 4. The Bertz CT molecular complexity index is 856. The van der Waals surface area contributed by atoms with Crippen molar-refractivity contribution in [2.75, 3.05) is 13.1 Å². The average molecular weight is 306 g/mol. The Balaban J connectivity index is 1.54. The molecule has 5 heteroatoms. The Morgan fingerprint density at radius 2 is 2.00 bits per heavy atom. The fraction of sp³-hybridized carbons (Fsp3) is 0.278. The van der Waals surface area contributed by atoms with Gasteiger partial charge in [-0.2, -0.15) is 0 Å². The topological polar surface area (TPSA) is 51.0 Å². The smallest absolute Gasteiger partial charge is 0.253 e. The lowest BCUT2D eigenvalue weighted by Gasteiger charge is -2.17. The Morgan fingerprint density at radius 1 is 1.17 bits per heavy atom. The first-order valence-corrected chi connectivity index (χ1v) is 7.86. The van der Waals surface area contributed by atoms with Crippen molar-refractivity contribution in [3.8, 4) is 0 Å². The van der Waals surface area contributed by atoms with Gasteiger partial charge in [-0.15, -0.1) is 5.10 Å². The predicted molar refractivity (Wildman–Crippen MR) is 88.2 cm³/mol. The van der Waals surface area contributed by atoms with Gasteiger partial charge in [0.25, 0.3) is 5.91 Å². The third kappa shape index (κ3) is 2.48. The summed E-state index contributed by atoms with van der Waals surface area (Å²) < 4.78 is 1.71. The number of likely N-dealkylation sites (tertiary alicyclic amines) is 1. The van der Waals surface area contributed by atoms with E-state index in [1.165, 1.54) is 5.56 Å². The lowest BCUT2D eigenvalue weighted by atomic mass is 9.99. The van der Waals surface area contributed by atoms with Gasteiger partial charge >= 0.3 is 0 Å². The average Bonchev–Trinajstić information content (AvgIpc) is 3.22. The number of carbonyl (C=O) groups is 1. The summed E-state index contributed by atoms with van der Waals surface area (Å²) in [6.07, 6.45) is 1.02. The van der Waals surface area contributed by atoms with Crippen molar-refractivity contribution in [2.24, 2.45) is 7.05 Å². The maximum atomic E-state index is 12.7.